The molecule has 1 N–H and O–H groups in total. The summed E-state index contributed by atoms with van der Waals surface area (Å²) in [6.45, 7) is 12.0. The highest BCUT2D eigenvalue weighted by atomic mass is 35.5. The zero-order chi connectivity index (χ0) is 15.4. The number of anilines is 1. The van der Waals surface area contributed by atoms with Gasteiger partial charge in [0, 0.05) is 19.1 Å². The molecule has 1 aliphatic rings. The van der Waals surface area contributed by atoms with Crippen molar-refractivity contribution in [1.82, 2.24) is 5.32 Å². The number of hydrogen-bond donors (Lipinski definition) is 1. The van der Waals surface area contributed by atoms with Crippen LogP contribution < -0.4 is 10.2 Å². The number of nitrogens with one attached hydrogen (secondary N) is 1. The molecule has 1 aromatic rings. The van der Waals surface area contributed by atoms with Crippen LogP contribution in [-0.4, -0.2) is 19.1 Å². The Bertz CT molecular complexity index is 453. The van der Waals surface area contributed by atoms with Crippen LogP contribution in [0.2, 0.25) is 5.02 Å². The zero-order valence-electron chi connectivity index (χ0n) is 13.8. The van der Waals surface area contributed by atoms with Crippen molar-refractivity contribution in [1.29, 1.82) is 0 Å². The fraction of sp³-hybridized carbons (Fsp3) is 0.667. The second-order valence-electron chi connectivity index (χ2n) is 7.00. The van der Waals surface area contributed by atoms with Gasteiger partial charge in [-0.3, -0.25) is 0 Å². The summed E-state index contributed by atoms with van der Waals surface area (Å²) in [5.74, 6) is 1.55. The van der Waals surface area contributed by atoms with E-state index in [9.17, 15) is 0 Å². The van der Waals surface area contributed by atoms with Crippen LogP contribution in [0.15, 0.2) is 18.2 Å². The molecule has 0 radical (unpaired) electrons. The summed E-state index contributed by atoms with van der Waals surface area (Å²) in [7, 11) is 0. The molecule has 1 aliphatic carbocycles. The molecule has 1 fully saturated rings. The van der Waals surface area contributed by atoms with Gasteiger partial charge in [0.1, 0.15) is 0 Å². The first-order chi connectivity index (χ1) is 9.97. The van der Waals surface area contributed by atoms with E-state index in [0.29, 0.717) is 12.0 Å². The summed E-state index contributed by atoms with van der Waals surface area (Å²) in [5, 5.41) is 4.35. The molecule has 21 heavy (non-hydrogen) atoms. The topological polar surface area (TPSA) is 15.3 Å². The Morgan fingerprint density at radius 1 is 1.24 bits per heavy atom. The van der Waals surface area contributed by atoms with E-state index in [0.717, 1.165) is 30.6 Å². The van der Waals surface area contributed by atoms with E-state index in [1.807, 2.05) is 0 Å². The van der Waals surface area contributed by atoms with Crippen LogP contribution in [0.5, 0.6) is 0 Å². The third-order valence-corrected chi connectivity index (χ3v) is 4.28. The predicted octanol–water partition coefficient (Wildman–Crippen LogP) is 4.71. The molecule has 2 rings (SSSR count). The summed E-state index contributed by atoms with van der Waals surface area (Å²) in [6.07, 6.45) is 2.75. The minimum Gasteiger partial charge on any atom is -0.368 e. The molecule has 0 unspecified atom stereocenters. The first kappa shape index (κ1) is 16.6. The van der Waals surface area contributed by atoms with Gasteiger partial charge in [0.25, 0.3) is 0 Å². The largest absolute Gasteiger partial charge is 0.368 e. The summed E-state index contributed by atoms with van der Waals surface area (Å²) in [4.78, 5) is 2.45. The Balaban J connectivity index is 2.02. The van der Waals surface area contributed by atoms with Gasteiger partial charge >= 0.3 is 0 Å². The van der Waals surface area contributed by atoms with Gasteiger partial charge in [0.15, 0.2) is 0 Å². The molecule has 2 nitrogen and oxygen atoms in total. The lowest BCUT2D eigenvalue weighted by Gasteiger charge is -2.30. The van der Waals surface area contributed by atoms with Crippen LogP contribution in [0.4, 0.5) is 5.69 Å². The van der Waals surface area contributed by atoms with E-state index in [1.165, 1.54) is 24.1 Å². The van der Waals surface area contributed by atoms with Crippen molar-refractivity contribution in [2.24, 2.45) is 11.8 Å². The molecular formula is C18H29ClN2. The van der Waals surface area contributed by atoms with Gasteiger partial charge in [-0.15, -0.1) is 0 Å². The molecule has 0 aliphatic heterocycles. The van der Waals surface area contributed by atoms with Crippen molar-refractivity contribution in [2.75, 3.05) is 18.0 Å². The van der Waals surface area contributed by atoms with Gasteiger partial charge in [0.05, 0.1) is 10.7 Å². The van der Waals surface area contributed by atoms with E-state index < -0.39 is 0 Å². The van der Waals surface area contributed by atoms with Gasteiger partial charge < -0.3 is 10.2 Å². The quantitative estimate of drug-likeness (QED) is 0.748. The molecule has 0 heterocycles. The maximum absolute atomic E-state index is 6.54. The van der Waals surface area contributed by atoms with Crippen molar-refractivity contribution < 1.29 is 0 Å². The standard InChI is InChI=1S/C18H29ClN2/c1-13(2)10-20-11-16-7-8-18(17(19)9-16)21(14(3)4)12-15-5-6-15/h7-9,13-15,20H,5-6,10-12H2,1-4H3. The van der Waals surface area contributed by atoms with Crippen LogP contribution >= 0.6 is 11.6 Å². The molecule has 118 valence electrons. The third-order valence-electron chi connectivity index (χ3n) is 3.98. The first-order valence-electron chi connectivity index (χ1n) is 8.23. The molecule has 0 aromatic heterocycles. The normalized spacial score (nSPS) is 15.0. The van der Waals surface area contributed by atoms with Crippen LogP contribution in [-0.2, 0) is 6.54 Å². The fourth-order valence-corrected chi connectivity index (χ4v) is 2.88. The van der Waals surface area contributed by atoms with Crippen molar-refractivity contribution in [3.63, 3.8) is 0 Å². The summed E-state index contributed by atoms with van der Waals surface area (Å²) in [6, 6.07) is 7.01. The zero-order valence-corrected chi connectivity index (χ0v) is 14.6. The van der Waals surface area contributed by atoms with Crippen molar-refractivity contribution >= 4 is 17.3 Å². The number of hydrogen-bond acceptors (Lipinski definition) is 2. The lowest BCUT2D eigenvalue weighted by Crippen LogP contribution is -2.33. The minimum atomic E-state index is 0.494. The van der Waals surface area contributed by atoms with Gasteiger partial charge in [-0.05, 0) is 62.8 Å². The summed E-state index contributed by atoms with van der Waals surface area (Å²) >= 11 is 6.54. The maximum atomic E-state index is 6.54. The van der Waals surface area contributed by atoms with Crippen LogP contribution in [0.25, 0.3) is 0 Å². The van der Waals surface area contributed by atoms with E-state index >= 15 is 0 Å². The Hall–Kier alpha value is -0.730. The molecule has 0 amide bonds. The van der Waals surface area contributed by atoms with E-state index in [2.05, 4.69) is 56.1 Å². The molecule has 0 spiro atoms. The van der Waals surface area contributed by atoms with Gasteiger partial charge in [-0.25, -0.2) is 0 Å². The van der Waals surface area contributed by atoms with Crippen LogP contribution in [0.1, 0.15) is 46.1 Å². The molecule has 0 atom stereocenters. The number of rotatable bonds is 8. The molecule has 1 saturated carbocycles. The van der Waals surface area contributed by atoms with E-state index in [-0.39, 0.29) is 0 Å². The summed E-state index contributed by atoms with van der Waals surface area (Å²) in [5.41, 5.74) is 2.45. The molecule has 3 heteroatoms. The Morgan fingerprint density at radius 2 is 1.95 bits per heavy atom. The molecular weight excluding hydrogens is 280 g/mol. The molecule has 1 aromatic carbocycles. The van der Waals surface area contributed by atoms with Crippen molar-refractivity contribution in [3.8, 4) is 0 Å². The third kappa shape index (κ3) is 5.19. The SMILES string of the molecule is CC(C)CNCc1ccc(N(CC2CC2)C(C)C)c(Cl)c1. The van der Waals surface area contributed by atoms with Gasteiger partial charge in [0.2, 0.25) is 0 Å². The van der Waals surface area contributed by atoms with Crippen molar-refractivity contribution in [2.45, 2.75) is 53.1 Å². The lowest BCUT2D eigenvalue weighted by molar-refractivity contribution is 0.552. The summed E-state index contributed by atoms with van der Waals surface area (Å²) < 4.78 is 0. The molecule has 0 bridgehead atoms. The van der Waals surface area contributed by atoms with Crippen LogP contribution in [0, 0.1) is 11.8 Å². The first-order valence-corrected chi connectivity index (χ1v) is 8.61. The van der Waals surface area contributed by atoms with Crippen LogP contribution in [0.3, 0.4) is 0 Å². The maximum Gasteiger partial charge on any atom is 0.0642 e. The highest BCUT2D eigenvalue weighted by molar-refractivity contribution is 6.33. The predicted molar refractivity (Wildman–Crippen MR) is 93.2 cm³/mol. The smallest absolute Gasteiger partial charge is 0.0642 e. The fourth-order valence-electron chi connectivity index (χ4n) is 2.56. The van der Waals surface area contributed by atoms with E-state index in [4.69, 9.17) is 11.6 Å². The van der Waals surface area contributed by atoms with Gasteiger partial charge in [-0.1, -0.05) is 31.5 Å². The second kappa shape index (κ2) is 7.51. The number of nitrogens with zero attached hydrogens (tertiary/aromatic N) is 1. The average Bonchev–Trinajstić information content (AvgIpc) is 3.20. The Kier molecular flexibility index (Phi) is 5.95. The number of benzene rings is 1. The second-order valence-corrected chi connectivity index (χ2v) is 7.41. The highest BCUT2D eigenvalue weighted by Crippen LogP contribution is 2.35. The molecule has 0 saturated heterocycles. The monoisotopic (exact) mass is 308 g/mol. The highest BCUT2D eigenvalue weighted by Gasteiger charge is 2.26. The lowest BCUT2D eigenvalue weighted by atomic mass is 10.1. The minimum absolute atomic E-state index is 0.494. The average molecular weight is 309 g/mol. The van der Waals surface area contributed by atoms with Gasteiger partial charge in [-0.2, -0.15) is 0 Å². The number of halogens is 1. The Labute approximate surface area is 134 Å². The Morgan fingerprint density at radius 3 is 2.48 bits per heavy atom. The van der Waals surface area contributed by atoms with Crippen molar-refractivity contribution in [3.05, 3.63) is 28.8 Å². The van der Waals surface area contributed by atoms with E-state index in [1.54, 1.807) is 0 Å².